The first kappa shape index (κ1) is 13.9. The van der Waals surface area contributed by atoms with E-state index in [1.54, 1.807) is 41.6 Å². The maximum absolute atomic E-state index is 12.0. The molecule has 3 aromatic heterocycles. The predicted octanol–water partition coefficient (Wildman–Crippen LogP) is 1.20. The molecule has 7 heteroatoms. The van der Waals surface area contributed by atoms with E-state index in [1.807, 2.05) is 13.1 Å². The highest BCUT2D eigenvalue weighted by Crippen LogP contribution is 2.14. The number of nitrogens with one attached hydrogen (secondary N) is 1. The fourth-order valence-electron chi connectivity index (χ4n) is 2.00. The summed E-state index contributed by atoms with van der Waals surface area (Å²) in [7, 11) is 1.82. The average molecular weight is 294 g/mol. The van der Waals surface area contributed by atoms with Gasteiger partial charge in [-0.3, -0.25) is 24.4 Å². The number of hydrogen-bond donors (Lipinski definition) is 1. The number of rotatable bonds is 4. The first-order chi connectivity index (χ1) is 10.7. The Labute approximate surface area is 127 Å². The molecule has 22 heavy (non-hydrogen) atoms. The Morgan fingerprint density at radius 2 is 2.05 bits per heavy atom. The topological polar surface area (TPSA) is 85.6 Å². The van der Waals surface area contributed by atoms with Crippen LogP contribution < -0.4 is 5.32 Å². The number of carbonyl (C=O) groups excluding carboxylic acids is 1. The van der Waals surface area contributed by atoms with Gasteiger partial charge in [0, 0.05) is 31.8 Å². The van der Waals surface area contributed by atoms with Gasteiger partial charge in [-0.15, -0.1) is 0 Å². The maximum atomic E-state index is 12.0. The summed E-state index contributed by atoms with van der Waals surface area (Å²) in [4.78, 5) is 24.2. The molecular weight excluding hydrogens is 280 g/mol. The third kappa shape index (κ3) is 2.98. The normalized spacial score (nSPS) is 10.4. The molecule has 0 aliphatic rings. The fourth-order valence-corrected chi connectivity index (χ4v) is 2.00. The molecule has 3 heterocycles. The Balaban J connectivity index is 1.71. The van der Waals surface area contributed by atoms with E-state index >= 15 is 0 Å². The summed E-state index contributed by atoms with van der Waals surface area (Å²) < 4.78 is 1.72. The Morgan fingerprint density at radius 1 is 1.18 bits per heavy atom. The largest absolute Gasteiger partial charge is 0.346 e. The molecule has 0 aromatic carbocycles. The van der Waals surface area contributed by atoms with E-state index < -0.39 is 0 Å². The molecule has 0 fully saturated rings. The minimum atomic E-state index is -0.171. The van der Waals surface area contributed by atoms with Crippen molar-refractivity contribution < 1.29 is 4.79 Å². The van der Waals surface area contributed by atoms with Gasteiger partial charge in [-0.2, -0.15) is 5.10 Å². The predicted molar refractivity (Wildman–Crippen MR) is 79.6 cm³/mol. The third-order valence-electron chi connectivity index (χ3n) is 3.16. The van der Waals surface area contributed by atoms with Crippen LogP contribution >= 0.6 is 0 Å². The van der Waals surface area contributed by atoms with Gasteiger partial charge in [-0.25, -0.2) is 0 Å². The number of nitrogens with zero attached hydrogens (tertiary/aromatic N) is 5. The number of hydrogen-bond acceptors (Lipinski definition) is 5. The fraction of sp³-hybridized carbons (Fsp3) is 0.133. The van der Waals surface area contributed by atoms with Crippen LogP contribution in [0.3, 0.4) is 0 Å². The van der Waals surface area contributed by atoms with Crippen LogP contribution in [0.2, 0.25) is 0 Å². The first-order valence-corrected chi connectivity index (χ1v) is 6.71. The number of pyridine rings is 1. The molecule has 0 bridgehead atoms. The molecular formula is C15H14N6O. The third-order valence-corrected chi connectivity index (χ3v) is 3.16. The molecule has 1 amide bonds. The van der Waals surface area contributed by atoms with E-state index in [1.165, 1.54) is 6.20 Å². The van der Waals surface area contributed by atoms with Crippen LogP contribution in [0.1, 0.15) is 16.1 Å². The van der Waals surface area contributed by atoms with Crippen molar-refractivity contribution in [2.75, 3.05) is 0 Å². The second-order valence-corrected chi connectivity index (χ2v) is 4.66. The Morgan fingerprint density at radius 3 is 2.77 bits per heavy atom. The number of amides is 1. The first-order valence-electron chi connectivity index (χ1n) is 6.71. The van der Waals surface area contributed by atoms with E-state index in [0.717, 1.165) is 11.4 Å². The Kier molecular flexibility index (Phi) is 3.86. The van der Waals surface area contributed by atoms with Gasteiger partial charge in [0.1, 0.15) is 11.4 Å². The quantitative estimate of drug-likeness (QED) is 0.781. The SMILES string of the molecule is Cn1nc(-c2cnccn2)cc1CNC(=O)c1cccnc1. The van der Waals surface area contributed by atoms with Gasteiger partial charge in [-0.05, 0) is 18.2 Å². The van der Waals surface area contributed by atoms with E-state index in [2.05, 4.69) is 25.4 Å². The van der Waals surface area contributed by atoms with Crippen LogP contribution in [0, 0.1) is 0 Å². The van der Waals surface area contributed by atoms with Gasteiger partial charge in [0.2, 0.25) is 0 Å². The van der Waals surface area contributed by atoms with Gasteiger partial charge in [0.25, 0.3) is 5.91 Å². The lowest BCUT2D eigenvalue weighted by molar-refractivity contribution is 0.0949. The average Bonchev–Trinajstić information content (AvgIpc) is 2.95. The van der Waals surface area contributed by atoms with Gasteiger partial charge in [0.15, 0.2) is 0 Å². The second kappa shape index (κ2) is 6.13. The summed E-state index contributed by atoms with van der Waals surface area (Å²) in [6, 6.07) is 5.33. The molecule has 0 aliphatic heterocycles. The summed E-state index contributed by atoms with van der Waals surface area (Å²) in [5.41, 5.74) is 2.82. The number of aromatic nitrogens is 5. The van der Waals surface area contributed by atoms with Crippen molar-refractivity contribution in [3.63, 3.8) is 0 Å². The zero-order valence-corrected chi connectivity index (χ0v) is 12.0. The van der Waals surface area contributed by atoms with Crippen molar-refractivity contribution in [3.05, 3.63) is 60.4 Å². The summed E-state index contributed by atoms with van der Waals surface area (Å²) in [5, 5.41) is 7.23. The van der Waals surface area contributed by atoms with E-state index in [9.17, 15) is 4.79 Å². The molecule has 110 valence electrons. The lowest BCUT2D eigenvalue weighted by Crippen LogP contribution is -2.24. The van der Waals surface area contributed by atoms with Crippen molar-refractivity contribution in [3.8, 4) is 11.4 Å². The smallest absolute Gasteiger partial charge is 0.253 e. The van der Waals surface area contributed by atoms with Crippen molar-refractivity contribution in [1.82, 2.24) is 30.0 Å². The molecule has 0 saturated heterocycles. The standard InChI is InChI=1S/C15H14N6O/c1-21-12(7-13(20-21)14-10-17-5-6-18-14)9-19-15(22)11-3-2-4-16-8-11/h2-8,10H,9H2,1H3,(H,19,22). The molecule has 7 nitrogen and oxygen atoms in total. The second-order valence-electron chi connectivity index (χ2n) is 4.66. The Bertz CT molecular complexity index is 769. The van der Waals surface area contributed by atoms with Crippen LogP contribution in [-0.4, -0.2) is 30.6 Å². The van der Waals surface area contributed by atoms with Crippen molar-refractivity contribution in [1.29, 1.82) is 0 Å². The van der Waals surface area contributed by atoms with Gasteiger partial charge in [0.05, 0.1) is 24.0 Å². The maximum Gasteiger partial charge on any atom is 0.253 e. The van der Waals surface area contributed by atoms with Crippen molar-refractivity contribution in [2.45, 2.75) is 6.54 Å². The summed E-state index contributed by atoms with van der Waals surface area (Å²) in [5.74, 6) is -0.171. The molecule has 3 rings (SSSR count). The minimum Gasteiger partial charge on any atom is -0.346 e. The lowest BCUT2D eigenvalue weighted by Gasteiger charge is -2.04. The molecule has 0 unspecified atom stereocenters. The molecule has 3 aromatic rings. The van der Waals surface area contributed by atoms with E-state index in [0.29, 0.717) is 17.8 Å². The van der Waals surface area contributed by atoms with Crippen LogP contribution in [0.4, 0.5) is 0 Å². The summed E-state index contributed by atoms with van der Waals surface area (Å²) in [6.07, 6.45) is 8.05. The highest BCUT2D eigenvalue weighted by Gasteiger charge is 2.10. The molecule has 0 spiro atoms. The van der Waals surface area contributed by atoms with Crippen LogP contribution in [0.15, 0.2) is 49.2 Å². The highest BCUT2D eigenvalue weighted by atomic mass is 16.1. The van der Waals surface area contributed by atoms with E-state index in [-0.39, 0.29) is 5.91 Å². The molecule has 0 atom stereocenters. The molecule has 0 radical (unpaired) electrons. The summed E-state index contributed by atoms with van der Waals surface area (Å²) >= 11 is 0. The van der Waals surface area contributed by atoms with Crippen LogP contribution in [0.5, 0.6) is 0 Å². The Hall–Kier alpha value is -3.09. The van der Waals surface area contributed by atoms with Crippen LogP contribution in [0.25, 0.3) is 11.4 Å². The number of carbonyl (C=O) groups is 1. The zero-order valence-electron chi connectivity index (χ0n) is 12.0. The number of aryl methyl sites for hydroxylation is 1. The molecule has 0 aliphatic carbocycles. The monoisotopic (exact) mass is 294 g/mol. The van der Waals surface area contributed by atoms with Gasteiger partial charge in [-0.1, -0.05) is 0 Å². The van der Waals surface area contributed by atoms with E-state index in [4.69, 9.17) is 0 Å². The van der Waals surface area contributed by atoms with Crippen LogP contribution in [-0.2, 0) is 13.6 Å². The van der Waals surface area contributed by atoms with Crippen molar-refractivity contribution in [2.24, 2.45) is 7.05 Å². The van der Waals surface area contributed by atoms with Gasteiger partial charge >= 0.3 is 0 Å². The highest BCUT2D eigenvalue weighted by molar-refractivity contribution is 5.93. The molecule has 1 N–H and O–H groups in total. The minimum absolute atomic E-state index is 0.171. The summed E-state index contributed by atoms with van der Waals surface area (Å²) in [6.45, 7) is 0.373. The van der Waals surface area contributed by atoms with Crippen molar-refractivity contribution >= 4 is 5.91 Å². The molecule has 0 saturated carbocycles. The lowest BCUT2D eigenvalue weighted by atomic mass is 10.2. The zero-order chi connectivity index (χ0) is 15.4. The van der Waals surface area contributed by atoms with Gasteiger partial charge < -0.3 is 5.32 Å².